The number of rotatable bonds is 7. The SMILES string of the molecule is Cn1c(Nc2cc(CNC(=O)C(C)(C)C(F)(F)F)ccc2Cl)nc2cc(Cl)c(N3CCN(c4ccc(C(F)(F)F)cc4)CC3)cc21. The second kappa shape index (κ2) is 12.4. The van der Waals surface area contributed by atoms with E-state index in [-0.39, 0.29) is 6.54 Å². The number of aromatic nitrogens is 2. The molecule has 7 nitrogen and oxygen atoms in total. The van der Waals surface area contributed by atoms with E-state index in [1.807, 2.05) is 15.5 Å². The van der Waals surface area contributed by atoms with Gasteiger partial charge < -0.3 is 25.0 Å². The summed E-state index contributed by atoms with van der Waals surface area (Å²) in [5.74, 6) is -0.717. The number of carbonyl (C=O) groups excluding carboxylic acids is 1. The molecule has 0 spiro atoms. The van der Waals surface area contributed by atoms with Crippen molar-refractivity contribution in [2.45, 2.75) is 32.7 Å². The van der Waals surface area contributed by atoms with Crippen LogP contribution in [0.2, 0.25) is 10.0 Å². The first kappa shape index (κ1) is 33.5. The molecular formula is C31H30Cl2F6N6O. The molecule has 46 heavy (non-hydrogen) atoms. The molecule has 3 aromatic carbocycles. The Kier molecular flexibility index (Phi) is 9.04. The summed E-state index contributed by atoms with van der Waals surface area (Å²) in [4.78, 5) is 21.0. The van der Waals surface area contributed by atoms with Crippen LogP contribution >= 0.6 is 23.2 Å². The summed E-state index contributed by atoms with van der Waals surface area (Å²) in [5, 5.41) is 6.32. The number of carbonyl (C=O) groups is 1. The molecule has 0 bridgehead atoms. The summed E-state index contributed by atoms with van der Waals surface area (Å²) >= 11 is 13.1. The Bertz CT molecular complexity index is 1750. The van der Waals surface area contributed by atoms with Crippen LogP contribution in [-0.2, 0) is 24.6 Å². The van der Waals surface area contributed by atoms with Crippen LogP contribution in [0.4, 0.5) is 49.4 Å². The van der Waals surface area contributed by atoms with Crippen LogP contribution in [0, 0.1) is 5.41 Å². The van der Waals surface area contributed by atoms with Gasteiger partial charge in [-0.3, -0.25) is 4.79 Å². The molecule has 2 N–H and O–H groups in total. The molecule has 4 aromatic rings. The number of halogens is 8. The minimum atomic E-state index is -4.70. The van der Waals surface area contributed by atoms with Crippen molar-refractivity contribution in [2.75, 3.05) is 41.3 Å². The van der Waals surface area contributed by atoms with Gasteiger partial charge in [-0.05, 0) is 67.9 Å². The van der Waals surface area contributed by atoms with E-state index < -0.39 is 29.2 Å². The monoisotopic (exact) mass is 686 g/mol. The number of amides is 1. The summed E-state index contributed by atoms with van der Waals surface area (Å²) in [5.41, 5.74) is 0.600. The lowest BCUT2D eigenvalue weighted by Gasteiger charge is -2.37. The van der Waals surface area contributed by atoms with Crippen molar-refractivity contribution < 1.29 is 31.1 Å². The number of nitrogens with zero attached hydrogens (tertiary/aromatic N) is 4. The standard InChI is InChI=1S/C31H30Cl2F6N6O/c1-29(2,31(37,38)39)27(46)40-17-18-4-9-21(32)23(14-18)41-28-42-24-15-22(33)25(16-26(24)43(28)3)45-12-10-44(11-13-45)20-7-5-19(6-8-20)30(34,35)36/h4-9,14-16H,10-13,17H2,1-3H3,(H,40,46)(H,41,42). The maximum Gasteiger partial charge on any atom is 0.416 e. The molecule has 0 unspecified atom stereocenters. The number of imidazole rings is 1. The van der Waals surface area contributed by atoms with Gasteiger partial charge in [-0.15, -0.1) is 0 Å². The Labute approximate surface area is 271 Å². The van der Waals surface area contributed by atoms with Crippen molar-refractivity contribution in [1.29, 1.82) is 0 Å². The Morgan fingerprint density at radius 3 is 2.11 bits per heavy atom. The number of anilines is 4. The van der Waals surface area contributed by atoms with Gasteiger partial charge in [0.05, 0.1) is 38.0 Å². The lowest BCUT2D eigenvalue weighted by atomic mass is 9.91. The van der Waals surface area contributed by atoms with Gasteiger partial charge in [0.15, 0.2) is 0 Å². The molecule has 0 saturated carbocycles. The molecule has 0 aliphatic carbocycles. The summed E-state index contributed by atoms with van der Waals surface area (Å²) in [6.07, 6.45) is -9.08. The molecule has 2 heterocycles. The zero-order chi connectivity index (χ0) is 33.6. The van der Waals surface area contributed by atoms with Crippen LogP contribution in [0.1, 0.15) is 25.0 Å². The van der Waals surface area contributed by atoms with Crippen molar-refractivity contribution in [3.8, 4) is 0 Å². The van der Waals surface area contributed by atoms with Crippen LogP contribution in [0.15, 0.2) is 54.6 Å². The van der Waals surface area contributed by atoms with Crippen LogP contribution < -0.4 is 20.4 Å². The predicted molar refractivity (Wildman–Crippen MR) is 168 cm³/mol. The third-order valence-electron chi connectivity index (χ3n) is 8.14. The first-order chi connectivity index (χ1) is 21.5. The molecule has 246 valence electrons. The highest BCUT2D eigenvalue weighted by Gasteiger charge is 2.52. The molecule has 1 aliphatic heterocycles. The second-order valence-electron chi connectivity index (χ2n) is 11.6. The minimum Gasteiger partial charge on any atom is -0.368 e. The van der Waals surface area contributed by atoms with Gasteiger partial charge >= 0.3 is 12.4 Å². The number of alkyl halides is 6. The molecule has 1 aromatic heterocycles. The smallest absolute Gasteiger partial charge is 0.368 e. The number of fused-ring (bicyclic) bond motifs is 1. The van der Waals surface area contributed by atoms with E-state index in [0.29, 0.717) is 64.6 Å². The van der Waals surface area contributed by atoms with Crippen molar-refractivity contribution in [2.24, 2.45) is 12.5 Å². The molecule has 1 amide bonds. The quantitative estimate of drug-likeness (QED) is 0.192. The molecule has 1 fully saturated rings. The van der Waals surface area contributed by atoms with Gasteiger partial charge in [0.1, 0.15) is 5.41 Å². The zero-order valence-electron chi connectivity index (χ0n) is 25.0. The molecule has 0 radical (unpaired) electrons. The molecular weight excluding hydrogens is 657 g/mol. The summed E-state index contributed by atoms with van der Waals surface area (Å²) in [6, 6.07) is 13.6. The number of hydrogen-bond donors (Lipinski definition) is 2. The predicted octanol–water partition coefficient (Wildman–Crippen LogP) is 8.17. The lowest BCUT2D eigenvalue weighted by Crippen LogP contribution is -2.46. The van der Waals surface area contributed by atoms with Crippen molar-refractivity contribution in [3.63, 3.8) is 0 Å². The maximum atomic E-state index is 13.2. The lowest BCUT2D eigenvalue weighted by molar-refractivity contribution is -0.211. The zero-order valence-corrected chi connectivity index (χ0v) is 26.5. The van der Waals surface area contributed by atoms with E-state index in [2.05, 4.69) is 20.5 Å². The van der Waals surface area contributed by atoms with E-state index in [1.165, 1.54) is 12.1 Å². The molecule has 1 saturated heterocycles. The van der Waals surface area contributed by atoms with Crippen LogP contribution in [0.25, 0.3) is 11.0 Å². The van der Waals surface area contributed by atoms with Gasteiger partial charge in [-0.1, -0.05) is 29.3 Å². The van der Waals surface area contributed by atoms with Crippen LogP contribution in [0.5, 0.6) is 0 Å². The largest absolute Gasteiger partial charge is 0.416 e. The van der Waals surface area contributed by atoms with Crippen molar-refractivity contribution in [1.82, 2.24) is 14.9 Å². The van der Waals surface area contributed by atoms with E-state index in [4.69, 9.17) is 23.2 Å². The Morgan fingerprint density at radius 2 is 1.50 bits per heavy atom. The highest BCUT2D eigenvalue weighted by molar-refractivity contribution is 6.34. The number of piperazine rings is 1. The van der Waals surface area contributed by atoms with Gasteiger partial charge in [0, 0.05) is 45.5 Å². The first-order valence-corrected chi connectivity index (χ1v) is 14.9. The maximum absolute atomic E-state index is 13.2. The first-order valence-electron chi connectivity index (χ1n) is 14.2. The van der Waals surface area contributed by atoms with E-state index in [9.17, 15) is 31.1 Å². The normalized spacial score (nSPS) is 14.6. The Morgan fingerprint density at radius 1 is 0.870 bits per heavy atom. The summed E-state index contributed by atoms with van der Waals surface area (Å²) in [6.45, 7) is 3.86. The Balaban J connectivity index is 1.29. The van der Waals surface area contributed by atoms with Crippen LogP contribution in [0.3, 0.4) is 0 Å². The number of aryl methyl sites for hydroxylation is 1. The van der Waals surface area contributed by atoms with Crippen LogP contribution in [-0.4, -0.2) is 47.8 Å². The fraction of sp³-hybridized carbons (Fsp3) is 0.355. The number of benzene rings is 3. The number of nitrogens with one attached hydrogen (secondary N) is 2. The second-order valence-corrected chi connectivity index (χ2v) is 12.4. The third-order valence-corrected chi connectivity index (χ3v) is 8.77. The Hall–Kier alpha value is -3.84. The molecule has 1 aliphatic rings. The van der Waals surface area contributed by atoms with Gasteiger partial charge in [0.25, 0.3) is 0 Å². The third kappa shape index (κ3) is 6.80. The van der Waals surface area contributed by atoms with E-state index in [1.54, 1.807) is 31.3 Å². The average Bonchev–Trinajstić information content (AvgIpc) is 3.29. The fourth-order valence-corrected chi connectivity index (χ4v) is 5.50. The van der Waals surface area contributed by atoms with Gasteiger partial charge in [-0.25, -0.2) is 4.98 Å². The average molecular weight is 688 g/mol. The van der Waals surface area contributed by atoms with E-state index >= 15 is 0 Å². The highest BCUT2D eigenvalue weighted by atomic mass is 35.5. The van der Waals surface area contributed by atoms with Crippen molar-refractivity contribution >= 4 is 63.2 Å². The van der Waals surface area contributed by atoms with Gasteiger partial charge in [-0.2, -0.15) is 26.3 Å². The summed E-state index contributed by atoms with van der Waals surface area (Å²) < 4.78 is 80.3. The topological polar surface area (TPSA) is 65.4 Å². The molecule has 0 atom stereocenters. The van der Waals surface area contributed by atoms with Gasteiger partial charge in [0.2, 0.25) is 11.9 Å². The number of hydrogen-bond acceptors (Lipinski definition) is 5. The fourth-order valence-electron chi connectivity index (χ4n) is 5.05. The minimum absolute atomic E-state index is 0.141. The highest BCUT2D eigenvalue weighted by Crippen LogP contribution is 2.38. The molecule has 5 rings (SSSR count). The molecule has 15 heteroatoms. The van der Waals surface area contributed by atoms with E-state index in [0.717, 1.165) is 37.2 Å². The summed E-state index contributed by atoms with van der Waals surface area (Å²) in [7, 11) is 1.80. The van der Waals surface area contributed by atoms with Crippen molar-refractivity contribution in [3.05, 3.63) is 75.8 Å².